The summed E-state index contributed by atoms with van der Waals surface area (Å²) in [6.45, 7) is 2.97. The zero-order valence-electron chi connectivity index (χ0n) is 13.7. The molecule has 8 heteroatoms. The van der Waals surface area contributed by atoms with Gasteiger partial charge in [0.05, 0.1) is 5.69 Å². The Hall–Kier alpha value is -2.25. The van der Waals surface area contributed by atoms with E-state index in [0.29, 0.717) is 5.69 Å². The number of nitrogens with zero attached hydrogens (tertiary/aromatic N) is 2. The number of hydrogen-bond donors (Lipinski definition) is 2. The SMILES string of the molecule is CC1NCCCC1NC(=O)c1ccc(=O)n(-c2ccc(F)cc2)n1.Cl. The normalized spacial score (nSPS) is 19.8. The third-order valence-corrected chi connectivity index (χ3v) is 4.18. The highest BCUT2D eigenvalue weighted by Crippen LogP contribution is 2.10. The summed E-state index contributed by atoms with van der Waals surface area (Å²) in [7, 11) is 0. The summed E-state index contributed by atoms with van der Waals surface area (Å²) in [6, 6.07) is 8.27. The predicted molar refractivity (Wildman–Crippen MR) is 95.0 cm³/mol. The first-order chi connectivity index (χ1) is 11.5. The van der Waals surface area contributed by atoms with Crippen LogP contribution in [0.15, 0.2) is 41.2 Å². The third-order valence-electron chi connectivity index (χ3n) is 4.18. The molecule has 2 atom stereocenters. The van der Waals surface area contributed by atoms with Crippen molar-refractivity contribution in [1.29, 1.82) is 0 Å². The molecule has 2 unspecified atom stereocenters. The molecule has 1 aliphatic rings. The quantitative estimate of drug-likeness (QED) is 0.866. The smallest absolute Gasteiger partial charge is 0.272 e. The van der Waals surface area contributed by atoms with Crippen molar-refractivity contribution < 1.29 is 9.18 Å². The Balaban J connectivity index is 0.00000225. The molecular formula is C17H20ClFN4O2. The van der Waals surface area contributed by atoms with Gasteiger partial charge in [0.1, 0.15) is 11.5 Å². The van der Waals surface area contributed by atoms with Crippen LogP contribution in [0.1, 0.15) is 30.3 Å². The van der Waals surface area contributed by atoms with Crippen LogP contribution in [-0.2, 0) is 0 Å². The van der Waals surface area contributed by atoms with E-state index < -0.39 is 5.82 Å². The van der Waals surface area contributed by atoms with Gasteiger partial charge in [0, 0.05) is 18.2 Å². The van der Waals surface area contributed by atoms with Gasteiger partial charge in [-0.25, -0.2) is 4.39 Å². The van der Waals surface area contributed by atoms with E-state index in [9.17, 15) is 14.0 Å². The molecule has 2 aromatic rings. The third kappa shape index (κ3) is 4.43. The molecule has 25 heavy (non-hydrogen) atoms. The summed E-state index contributed by atoms with van der Waals surface area (Å²) in [6.07, 6.45) is 1.90. The molecule has 1 amide bonds. The van der Waals surface area contributed by atoms with Crippen LogP contribution >= 0.6 is 12.4 Å². The number of amides is 1. The maximum Gasteiger partial charge on any atom is 0.272 e. The van der Waals surface area contributed by atoms with Gasteiger partial charge in [-0.3, -0.25) is 9.59 Å². The lowest BCUT2D eigenvalue weighted by Crippen LogP contribution is -2.52. The van der Waals surface area contributed by atoms with E-state index in [1.54, 1.807) is 0 Å². The maximum atomic E-state index is 13.0. The predicted octanol–water partition coefficient (Wildman–Crippen LogP) is 1.66. The molecule has 2 N–H and O–H groups in total. The topological polar surface area (TPSA) is 76.0 Å². The van der Waals surface area contributed by atoms with E-state index in [-0.39, 0.29) is 41.7 Å². The number of carbonyl (C=O) groups is 1. The first kappa shape index (κ1) is 19.1. The number of carbonyl (C=O) groups excluding carboxylic acids is 1. The van der Waals surface area contributed by atoms with E-state index in [1.165, 1.54) is 36.4 Å². The van der Waals surface area contributed by atoms with Gasteiger partial charge >= 0.3 is 0 Å². The van der Waals surface area contributed by atoms with Crippen molar-refractivity contribution >= 4 is 18.3 Å². The second kappa shape index (κ2) is 8.22. The summed E-state index contributed by atoms with van der Waals surface area (Å²) in [5, 5.41) is 10.4. The number of hydrogen-bond acceptors (Lipinski definition) is 4. The number of aromatic nitrogens is 2. The minimum atomic E-state index is -0.403. The zero-order valence-corrected chi connectivity index (χ0v) is 14.6. The Kier molecular flexibility index (Phi) is 6.27. The van der Waals surface area contributed by atoms with Crippen molar-refractivity contribution in [3.05, 3.63) is 58.3 Å². The molecule has 2 heterocycles. The fourth-order valence-electron chi connectivity index (χ4n) is 2.78. The average molecular weight is 367 g/mol. The molecule has 0 radical (unpaired) electrons. The maximum absolute atomic E-state index is 13.0. The van der Waals surface area contributed by atoms with Crippen LogP contribution in [0.25, 0.3) is 5.69 Å². The second-order valence-corrected chi connectivity index (χ2v) is 5.91. The summed E-state index contributed by atoms with van der Waals surface area (Å²) in [4.78, 5) is 24.4. The Morgan fingerprint density at radius 2 is 2.00 bits per heavy atom. The van der Waals surface area contributed by atoms with Crippen LogP contribution in [0.3, 0.4) is 0 Å². The molecule has 0 bridgehead atoms. The number of piperidine rings is 1. The van der Waals surface area contributed by atoms with Crippen LogP contribution in [0.5, 0.6) is 0 Å². The molecule has 1 aromatic heterocycles. The molecule has 1 aliphatic heterocycles. The Morgan fingerprint density at radius 3 is 2.68 bits per heavy atom. The van der Waals surface area contributed by atoms with Gasteiger partial charge in [-0.2, -0.15) is 9.78 Å². The van der Waals surface area contributed by atoms with E-state index in [2.05, 4.69) is 15.7 Å². The number of halogens is 2. The van der Waals surface area contributed by atoms with Gasteiger partial charge in [0.2, 0.25) is 0 Å². The van der Waals surface area contributed by atoms with Gasteiger partial charge in [-0.1, -0.05) is 0 Å². The van der Waals surface area contributed by atoms with Gasteiger partial charge < -0.3 is 10.6 Å². The van der Waals surface area contributed by atoms with E-state index in [0.717, 1.165) is 24.1 Å². The highest BCUT2D eigenvalue weighted by Gasteiger charge is 2.23. The van der Waals surface area contributed by atoms with Crippen molar-refractivity contribution in [2.24, 2.45) is 0 Å². The van der Waals surface area contributed by atoms with Gasteiger partial charge in [0.25, 0.3) is 11.5 Å². The van der Waals surface area contributed by atoms with Gasteiger partial charge in [-0.05, 0) is 56.6 Å². The second-order valence-electron chi connectivity index (χ2n) is 5.91. The molecule has 0 aliphatic carbocycles. The summed E-state index contributed by atoms with van der Waals surface area (Å²) < 4.78 is 14.1. The zero-order chi connectivity index (χ0) is 17.1. The summed E-state index contributed by atoms with van der Waals surface area (Å²) >= 11 is 0. The van der Waals surface area contributed by atoms with Crippen molar-refractivity contribution in [1.82, 2.24) is 20.4 Å². The van der Waals surface area contributed by atoms with Crippen LogP contribution < -0.4 is 16.2 Å². The van der Waals surface area contributed by atoms with Gasteiger partial charge in [0.15, 0.2) is 0 Å². The summed E-state index contributed by atoms with van der Waals surface area (Å²) in [5.74, 6) is -0.731. The molecule has 1 saturated heterocycles. The number of rotatable bonds is 3. The Bertz CT molecular complexity index is 794. The number of nitrogens with one attached hydrogen (secondary N) is 2. The van der Waals surface area contributed by atoms with Crippen LogP contribution in [0, 0.1) is 5.82 Å². The molecule has 1 aromatic carbocycles. The molecule has 134 valence electrons. The standard InChI is InChI=1S/C17H19FN4O2.ClH/c1-11-14(3-2-10-19-11)20-17(24)15-8-9-16(23)22(21-15)13-6-4-12(18)5-7-13;/h4-9,11,14,19H,2-3,10H2,1H3,(H,20,24);1H. The minimum Gasteiger partial charge on any atom is -0.346 e. The lowest BCUT2D eigenvalue weighted by molar-refractivity contribution is 0.0913. The lowest BCUT2D eigenvalue weighted by Gasteiger charge is -2.30. The first-order valence-corrected chi connectivity index (χ1v) is 7.95. The minimum absolute atomic E-state index is 0. The Morgan fingerprint density at radius 1 is 1.28 bits per heavy atom. The van der Waals surface area contributed by atoms with Crippen LogP contribution in [-0.4, -0.2) is 34.3 Å². The average Bonchev–Trinajstić information content (AvgIpc) is 2.58. The molecule has 3 rings (SSSR count). The molecule has 0 spiro atoms. The molecule has 6 nitrogen and oxygen atoms in total. The van der Waals surface area contributed by atoms with Crippen molar-refractivity contribution in [2.75, 3.05) is 6.54 Å². The number of benzene rings is 1. The highest BCUT2D eigenvalue weighted by molar-refractivity contribution is 5.92. The van der Waals surface area contributed by atoms with Crippen molar-refractivity contribution in [3.63, 3.8) is 0 Å². The Labute approximate surface area is 150 Å². The fourth-order valence-corrected chi connectivity index (χ4v) is 2.78. The van der Waals surface area contributed by atoms with E-state index in [1.807, 2.05) is 6.92 Å². The molecule has 1 fully saturated rings. The van der Waals surface area contributed by atoms with E-state index in [4.69, 9.17) is 0 Å². The monoisotopic (exact) mass is 366 g/mol. The van der Waals surface area contributed by atoms with Crippen molar-refractivity contribution in [2.45, 2.75) is 31.8 Å². The van der Waals surface area contributed by atoms with E-state index >= 15 is 0 Å². The molecular weight excluding hydrogens is 347 g/mol. The van der Waals surface area contributed by atoms with Crippen LogP contribution in [0.2, 0.25) is 0 Å². The molecule has 0 saturated carbocycles. The largest absolute Gasteiger partial charge is 0.346 e. The fraction of sp³-hybridized carbons (Fsp3) is 0.353. The van der Waals surface area contributed by atoms with Crippen molar-refractivity contribution in [3.8, 4) is 5.69 Å². The lowest BCUT2D eigenvalue weighted by atomic mass is 10.00. The van der Waals surface area contributed by atoms with Crippen LogP contribution in [0.4, 0.5) is 4.39 Å². The first-order valence-electron chi connectivity index (χ1n) is 7.95. The van der Waals surface area contributed by atoms with Gasteiger partial charge in [-0.15, -0.1) is 12.4 Å². The highest BCUT2D eigenvalue weighted by atomic mass is 35.5. The summed E-state index contributed by atoms with van der Waals surface area (Å²) in [5.41, 5.74) is 0.173.